The van der Waals surface area contributed by atoms with E-state index in [1.165, 1.54) is 12.1 Å². The Morgan fingerprint density at radius 1 is 1.06 bits per heavy atom. The van der Waals surface area contributed by atoms with Crippen LogP contribution < -0.4 is 10.1 Å². The number of halogens is 1. The predicted molar refractivity (Wildman–Crippen MR) is 70.1 cm³/mol. The van der Waals surface area contributed by atoms with E-state index in [2.05, 4.69) is 5.32 Å². The van der Waals surface area contributed by atoms with Gasteiger partial charge in [0, 0.05) is 0 Å². The molecule has 2 aromatic rings. The van der Waals surface area contributed by atoms with Crippen molar-refractivity contribution in [3.63, 3.8) is 0 Å². The Morgan fingerprint density at radius 3 is 2.33 bits per heavy atom. The number of hydrogen-bond donors (Lipinski definition) is 1. The van der Waals surface area contributed by atoms with Crippen LogP contribution in [0.1, 0.15) is 11.6 Å². The second-order valence-electron chi connectivity index (χ2n) is 4.02. The summed E-state index contributed by atoms with van der Waals surface area (Å²) in [6.07, 6.45) is 0. The van der Waals surface area contributed by atoms with E-state index < -0.39 is 0 Å². The molecule has 2 aromatic carbocycles. The minimum absolute atomic E-state index is 0.0470. The average Bonchev–Trinajstić information content (AvgIpc) is 2.42. The molecule has 0 amide bonds. The van der Waals surface area contributed by atoms with Crippen LogP contribution in [-0.4, -0.2) is 13.7 Å². The van der Waals surface area contributed by atoms with Crippen molar-refractivity contribution in [2.24, 2.45) is 0 Å². The molecule has 18 heavy (non-hydrogen) atoms. The fraction of sp³-hybridized carbons (Fsp3) is 0.200. The third-order valence-electron chi connectivity index (χ3n) is 2.78. The summed E-state index contributed by atoms with van der Waals surface area (Å²) in [5, 5.41) is 3.16. The summed E-state index contributed by atoms with van der Waals surface area (Å²) >= 11 is 0. The lowest BCUT2D eigenvalue weighted by atomic mass is 10.1. The number of nitrogens with one attached hydrogen (secondary N) is 1. The Kier molecular flexibility index (Phi) is 4.31. The summed E-state index contributed by atoms with van der Waals surface area (Å²) in [5.41, 5.74) is 1.01. The van der Waals surface area contributed by atoms with Crippen LogP contribution in [0.3, 0.4) is 0 Å². The van der Waals surface area contributed by atoms with E-state index in [9.17, 15) is 4.39 Å². The second kappa shape index (κ2) is 6.17. The standard InChI is InChI=1S/C15H16FNO/c1-17-15(12-7-9-13(16)10-8-12)11-18-14-5-3-2-4-6-14/h2-10,15,17H,11H2,1H3. The number of benzene rings is 2. The van der Waals surface area contributed by atoms with Gasteiger partial charge in [0.25, 0.3) is 0 Å². The van der Waals surface area contributed by atoms with Gasteiger partial charge in [-0.2, -0.15) is 0 Å². The molecule has 0 heterocycles. The van der Waals surface area contributed by atoms with Gasteiger partial charge in [0.2, 0.25) is 0 Å². The Labute approximate surface area is 106 Å². The maximum atomic E-state index is 12.9. The van der Waals surface area contributed by atoms with Crippen LogP contribution >= 0.6 is 0 Å². The van der Waals surface area contributed by atoms with E-state index in [-0.39, 0.29) is 11.9 Å². The SMILES string of the molecule is CNC(COc1ccccc1)c1ccc(F)cc1. The number of ether oxygens (including phenoxy) is 1. The minimum Gasteiger partial charge on any atom is -0.492 e. The molecule has 0 radical (unpaired) electrons. The topological polar surface area (TPSA) is 21.3 Å². The molecule has 1 N–H and O–H groups in total. The third kappa shape index (κ3) is 3.31. The highest BCUT2D eigenvalue weighted by Gasteiger charge is 2.09. The van der Waals surface area contributed by atoms with Gasteiger partial charge in [0.05, 0.1) is 6.04 Å². The molecule has 0 saturated heterocycles. The molecule has 0 fully saturated rings. The van der Waals surface area contributed by atoms with Crippen LogP contribution in [0, 0.1) is 5.82 Å². The van der Waals surface area contributed by atoms with Crippen molar-refractivity contribution in [2.45, 2.75) is 6.04 Å². The molecule has 1 unspecified atom stereocenters. The number of rotatable bonds is 5. The highest BCUT2D eigenvalue weighted by molar-refractivity contribution is 5.23. The first-order valence-electron chi connectivity index (χ1n) is 5.90. The normalized spacial score (nSPS) is 12.1. The monoisotopic (exact) mass is 245 g/mol. The van der Waals surface area contributed by atoms with E-state index in [0.29, 0.717) is 6.61 Å². The smallest absolute Gasteiger partial charge is 0.123 e. The van der Waals surface area contributed by atoms with Crippen molar-refractivity contribution < 1.29 is 9.13 Å². The molecule has 2 nitrogen and oxygen atoms in total. The van der Waals surface area contributed by atoms with Crippen LogP contribution in [0.4, 0.5) is 4.39 Å². The van der Waals surface area contributed by atoms with E-state index in [1.807, 2.05) is 37.4 Å². The predicted octanol–water partition coefficient (Wildman–Crippen LogP) is 3.17. The first kappa shape index (κ1) is 12.6. The van der Waals surface area contributed by atoms with Gasteiger partial charge in [0.1, 0.15) is 18.2 Å². The van der Waals surface area contributed by atoms with Gasteiger partial charge in [-0.25, -0.2) is 4.39 Å². The highest BCUT2D eigenvalue weighted by atomic mass is 19.1. The van der Waals surface area contributed by atoms with Gasteiger partial charge >= 0.3 is 0 Å². The van der Waals surface area contributed by atoms with Crippen molar-refractivity contribution in [1.82, 2.24) is 5.32 Å². The van der Waals surface area contributed by atoms with E-state index in [0.717, 1.165) is 11.3 Å². The Balaban J connectivity index is 1.99. The zero-order chi connectivity index (χ0) is 12.8. The molecular weight excluding hydrogens is 229 g/mol. The fourth-order valence-electron chi connectivity index (χ4n) is 1.74. The summed E-state index contributed by atoms with van der Waals surface area (Å²) in [4.78, 5) is 0. The molecule has 3 heteroatoms. The fourth-order valence-corrected chi connectivity index (χ4v) is 1.74. The zero-order valence-electron chi connectivity index (χ0n) is 10.3. The van der Waals surface area contributed by atoms with Gasteiger partial charge in [0.15, 0.2) is 0 Å². The molecule has 0 aromatic heterocycles. The van der Waals surface area contributed by atoms with Crippen LogP contribution in [0.25, 0.3) is 0 Å². The molecule has 2 rings (SSSR count). The maximum Gasteiger partial charge on any atom is 0.123 e. The van der Waals surface area contributed by atoms with Gasteiger partial charge in [-0.3, -0.25) is 0 Å². The van der Waals surface area contributed by atoms with Crippen LogP contribution in [-0.2, 0) is 0 Å². The molecule has 0 bridgehead atoms. The maximum absolute atomic E-state index is 12.9. The Hall–Kier alpha value is -1.87. The molecule has 0 aliphatic heterocycles. The van der Waals surface area contributed by atoms with E-state index in [4.69, 9.17) is 4.74 Å². The van der Waals surface area contributed by atoms with Crippen molar-refractivity contribution in [3.05, 3.63) is 66.0 Å². The van der Waals surface area contributed by atoms with Crippen LogP contribution in [0.5, 0.6) is 5.75 Å². The highest BCUT2D eigenvalue weighted by Crippen LogP contribution is 2.16. The average molecular weight is 245 g/mol. The van der Waals surface area contributed by atoms with Crippen LogP contribution in [0.15, 0.2) is 54.6 Å². The quantitative estimate of drug-likeness (QED) is 0.873. The van der Waals surface area contributed by atoms with Crippen molar-refractivity contribution in [3.8, 4) is 5.75 Å². The van der Waals surface area contributed by atoms with Crippen LogP contribution in [0.2, 0.25) is 0 Å². The minimum atomic E-state index is -0.224. The number of likely N-dealkylation sites (N-methyl/N-ethyl adjacent to an activating group) is 1. The molecular formula is C15H16FNO. The van der Waals surface area contributed by atoms with Crippen molar-refractivity contribution >= 4 is 0 Å². The summed E-state index contributed by atoms with van der Waals surface area (Å²) in [6, 6.07) is 16.1. The second-order valence-corrected chi connectivity index (χ2v) is 4.02. The number of hydrogen-bond acceptors (Lipinski definition) is 2. The van der Waals surface area contributed by atoms with Gasteiger partial charge < -0.3 is 10.1 Å². The lowest BCUT2D eigenvalue weighted by Gasteiger charge is -2.17. The van der Waals surface area contributed by atoms with Crippen molar-refractivity contribution in [2.75, 3.05) is 13.7 Å². The summed E-state index contributed by atoms with van der Waals surface area (Å²) in [6.45, 7) is 0.506. The Morgan fingerprint density at radius 2 is 1.72 bits per heavy atom. The molecule has 0 aliphatic rings. The van der Waals surface area contributed by atoms with Gasteiger partial charge in [-0.1, -0.05) is 30.3 Å². The van der Waals surface area contributed by atoms with Gasteiger partial charge in [-0.05, 0) is 36.9 Å². The zero-order valence-corrected chi connectivity index (χ0v) is 10.3. The molecule has 0 saturated carbocycles. The lowest BCUT2D eigenvalue weighted by Crippen LogP contribution is -2.23. The molecule has 0 aliphatic carbocycles. The first-order chi connectivity index (χ1) is 8.79. The summed E-state index contributed by atoms with van der Waals surface area (Å²) < 4.78 is 18.5. The van der Waals surface area contributed by atoms with E-state index >= 15 is 0 Å². The van der Waals surface area contributed by atoms with Crippen molar-refractivity contribution in [1.29, 1.82) is 0 Å². The largest absolute Gasteiger partial charge is 0.492 e. The van der Waals surface area contributed by atoms with E-state index in [1.54, 1.807) is 12.1 Å². The Bertz CT molecular complexity index is 470. The molecule has 1 atom stereocenters. The summed E-state index contributed by atoms with van der Waals surface area (Å²) in [7, 11) is 1.86. The molecule has 94 valence electrons. The molecule has 0 spiro atoms. The third-order valence-corrected chi connectivity index (χ3v) is 2.78. The number of para-hydroxylation sites is 1. The first-order valence-corrected chi connectivity index (χ1v) is 5.90. The summed E-state index contributed by atoms with van der Waals surface area (Å²) in [5.74, 6) is 0.609. The lowest BCUT2D eigenvalue weighted by molar-refractivity contribution is 0.273. The van der Waals surface area contributed by atoms with Gasteiger partial charge in [-0.15, -0.1) is 0 Å².